The van der Waals surface area contributed by atoms with Gasteiger partial charge in [0.2, 0.25) is 0 Å². The normalized spacial score (nSPS) is 14.9. The van der Waals surface area contributed by atoms with Crippen LogP contribution in [0.25, 0.3) is 54.6 Å². The van der Waals surface area contributed by atoms with Gasteiger partial charge < -0.3 is 9.64 Å². The molecule has 2 nitrogen and oxygen atoms in total. The van der Waals surface area contributed by atoms with E-state index in [9.17, 15) is 0 Å². The molecule has 1 heterocycles. The Bertz CT molecular complexity index is 3220. The van der Waals surface area contributed by atoms with Crippen LogP contribution in [0.1, 0.15) is 22.3 Å². The summed E-state index contributed by atoms with van der Waals surface area (Å²) in [6.07, 6.45) is 0. The van der Waals surface area contributed by atoms with Gasteiger partial charge in [-0.25, -0.2) is 0 Å². The highest BCUT2D eigenvalue weighted by Gasteiger charge is 2.51. The number of fused-ring (bicyclic) bond motifs is 14. The number of rotatable bonds is 4. The van der Waals surface area contributed by atoms with Gasteiger partial charge in [0.15, 0.2) is 0 Å². The Morgan fingerprint density at radius 1 is 0.368 bits per heavy atom. The zero-order valence-corrected chi connectivity index (χ0v) is 31.1. The molecule has 10 aromatic rings. The summed E-state index contributed by atoms with van der Waals surface area (Å²) in [5.74, 6) is 1.84. The minimum Gasteiger partial charge on any atom is -0.456 e. The molecule has 0 aromatic heterocycles. The topological polar surface area (TPSA) is 12.5 Å². The van der Waals surface area contributed by atoms with Crippen LogP contribution in [-0.2, 0) is 5.41 Å². The van der Waals surface area contributed by atoms with E-state index in [0.29, 0.717) is 0 Å². The number of hydrogen-bond acceptors (Lipinski definition) is 2. The lowest BCUT2D eigenvalue weighted by atomic mass is 9.65. The molecule has 2 aliphatic rings. The molecule has 0 radical (unpaired) electrons. The second kappa shape index (κ2) is 12.3. The molecule has 0 saturated heterocycles. The highest BCUT2D eigenvalue weighted by Crippen LogP contribution is 2.64. The molecule has 0 N–H and O–H groups in total. The van der Waals surface area contributed by atoms with Crippen LogP contribution in [0.3, 0.4) is 0 Å². The van der Waals surface area contributed by atoms with Gasteiger partial charge in [0, 0.05) is 33.3 Å². The lowest BCUT2D eigenvalue weighted by Gasteiger charge is -2.39. The Kier molecular flexibility index (Phi) is 6.88. The summed E-state index contributed by atoms with van der Waals surface area (Å²) in [5, 5.41) is 7.26. The maximum Gasteiger partial charge on any atom is 0.140 e. The Hall–Kier alpha value is -7.42. The van der Waals surface area contributed by atoms with Crippen molar-refractivity contribution in [3.63, 3.8) is 0 Å². The van der Waals surface area contributed by atoms with Crippen LogP contribution in [-0.4, -0.2) is 0 Å². The Balaban J connectivity index is 1.07. The van der Waals surface area contributed by atoms with Gasteiger partial charge in [-0.15, -0.1) is 0 Å². The van der Waals surface area contributed by atoms with E-state index >= 15 is 0 Å². The van der Waals surface area contributed by atoms with Crippen molar-refractivity contribution in [2.75, 3.05) is 4.90 Å². The molecule has 1 aliphatic heterocycles. The van der Waals surface area contributed by atoms with Crippen molar-refractivity contribution in [1.29, 1.82) is 0 Å². The van der Waals surface area contributed by atoms with Crippen LogP contribution >= 0.6 is 0 Å². The number of benzene rings is 10. The molecule has 266 valence electrons. The van der Waals surface area contributed by atoms with E-state index in [1.54, 1.807) is 0 Å². The van der Waals surface area contributed by atoms with Gasteiger partial charge >= 0.3 is 0 Å². The Morgan fingerprint density at radius 3 is 1.82 bits per heavy atom. The molecule has 2 heteroatoms. The molecule has 0 saturated carbocycles. The van der Waals surface area contributed by atoms with Crippen LogP contribution in [0, 0.1) is 0 Å². The van der Waals surface area contributed by atoms with Crippen molar-refractivity contribution in [3.8, 4) is 33.8 Å². The first-order valence-corrected chi connectivity index (χ1v) is 19.7. The molecule has 1 spiro atoms. The summed E-state index contributed by atoms with van der Waals surface area (Å²) >= 11 is 0. The molecule has 1 atom stereocenters. The zero-order valence-electron chi connectivity index (χ0n) is 31.1. The number of anilines is 3. The van der Waals surface area contributed by atoms with Gasteiger partial charge in [0.1, 0.15) is 11.5 Å². The lowest BCUT2D eigenvalue weighted by Crippen LogP contribution is -2.32. The molecule has 57 heavy (non-hydrogen) atoms. The standard InChI is InChI=1S/C55H35NO/c1-2-17-39(18-3-1)56(51-35-38-16-5-6-19-41(38)44-21-8-9-22-45(44)51)40-32-29-37(30-33-40)42-24-14-27-49-53(42)46-23-10-11-25-47(46)55(49)48-26-12-13-28-52(48)57-54-43-20-7-4-15-36(43)31-34-50(54)55/h1-35H. The van der Waals surface area contributed by atoms with E-state index in [-0.39, 0.29) is 0 Å². The maximum absolute atomic E-state index is 6.88. The highest BCUT2D eigenvalue weighted by atomic mass is 16.5. The summed E-state index contributed by atoms with van der Waals surface area (Å²) < 4.78 is 6.88. The van der Waals surface area contributed by atoms with Crippen molar-refractivity contribution in [1.82, 2.24) is 0 Å². The lowest BCUT2D eigenvalue weighted by molar-refractivity contribution is 0.441. The molecular weight excluding hydrogens is 691 g/mol. The van der Waals surface area contributed by atoms with Crippen molar-refractivity contribution >= 4 is 49.4 Å². The molecule has 0 bridgehead atoms. The quantitative estimate of drug-likeness (QED) is 0.168. The summed E-state index contributed by atoms with van der Waals surface area (Å²) in [6, 6.07) is 77.3. The van der Waals surface area contributed by atoms with Gasteiger partial charge in [-0.05, 0) is 91.3 Å². The van der Waals surface area contributed by atoms with Crippen molar-refractivity contribution in [2.45, 2.75) is 5.41 Å². The predicted octanol–water partition coefficient (Wildman–Crippen LogP) is 14.8. The minimum atomic E-state index is -0.544. The summed E-state index contributed by atoms with van der Waals surface area (Å²) in [7, 11) is 0. The molecule has 10 aromatic carbocycles. The Morgan fingerprint density at radius 2 is 0.982 bits per heavy atom. The monoisotopic (exact) mass is 725 g/mol. The number of para-hydroxylation sites is 2. The van der Waals surface area contributed by atoms with E-state index < -0.39 is 5.41 Å². The number of hydrogen-bond donors (Lipinski definition) is 0. The maximum atomic E-state index is 6.88. The third kappa shape index (κ3) is 4.53. The highest BCUT2D eigenvalue weighted by molar-refractivity contribution is 6.14. The number of ether oxygens (including phenoxy) is 1. The van der Waals surface area contributed by atoms with Crippen molar-refractivity contribution in [3.05, 3.63) is 235 Å². The summed E-state index contributed by atoms with van der Waals surface area (Å²) in [6.45, 7) is 0. The molecule has 0 fully saturated rings. The average Bonchev–Trinajstić information content (AvgIpc) is 3.58. The third-order valence-corrected chi connectivity index (χ3v) is 12.3. The van der Waals surface area contributed by atoms with Crippen molar-refractivity contribution in [2.24, 2.45) is 0 Å². The largest absolute Gasteiger partial charge is 0.456 e. The van der Waals surface area contributed by atoms with Gasteiger partial charge in [0.25, 0.3) is 0 Å². The van der Waals surface area contributed by atoms with Crippen LogP contribution in [0.4, 0.5) is 17.1 Å². The van der Waals surface area contributed by atoms with Crippen LogP contribution in [0.2, 0.25) is 0 Å². The van der Waals surface area contributed by atoms with Gasteiger partial charge in [0.05, 0.1) is 11.1 Å². The van der Waals surface area contributed by atoms with E-state index in [1.165, 1.54) is 71.4 Å². The fourth-order valence-corrected chi connectivity index (χ4v) is 9.93. The molecule has 12 rings (SSSR count). The first kappa shape index (κ1) is 31.9. The van der Waals surface area contributed by atoms with Gasteiger partial charge in [-0.2, -0.15) is 0 Å². The fourth-order valence-electron chi connectivity index (χ4n) is 9.93. The predicted molar refractivity (Wildman–Crippen MR) is 236 cm³/mol. The van der Waals surface area contributed by atoms with Crippen LogP contribution in [0.5, 0.6) is 11.5 Å². The smallest absolute Gasteiger partial charge is 0.140 e. The Labute approximate surface area is 331 Å². The summed E-state index contributed by atoms with van der Waals surface area (Å²) in [5.41, 5.74) is 12.7. The molecule has 1 unspecified atom stereocenters. The molecule has 1 aliphatic carbocycles. The van der Waals surface area contributed by atoms with Gasteiger partial charge in [-0.3, -0.25) is 0 Å². The fraction of sp³-hybridized carbons (Fsp3) is 0.0182. The molecular formula is C55H35NO. The summed E-state index contributed by atoms with van der Waals surface area (Å²) in [4.78, 5) is 2.40. The van der Waals surface area contributed by atoms with Gasteiger partial charge in [-0.1, -0.05) is 176 Å². The second-order valence-corrected chi connectivity index (χ2v) is 15.2. The van der Waals surface area contributed by atoms with Crippen LogP contribution in [0.15, 0.2) is 212 Å². The average molecular weight is 726 g/mol. The number of nitrogens with zero attached hydrogens (tertiary/aromatic N) is 1. The van der Waals surface area contributed by atoms with Crippen LogP contribution < -0.4 is 9.64 Å². The first-order chi connectivity index (χ1) is 28.3. The first-order valence-electron chi connectivity index (χ1n) is 19.7. The van der Waals surface area contributed by atoms with E-state index in [2.05, 4.69) is 217 Å². The van der Waals surface area contributed by atoms with E-state index in [0.717, 1.165) is 33.9 Å². The minimum absolute atomic E-state index is 0.544. The van der Waals surface area contributed by atoms with E-state index in [4.69, 9.17) is 4.74 Å². The van der Waals surface area contributed by atoms with E-state index in [1.807, 2.05) is 0 Å². The second-order valence-electron chi connectivity index (χ2n) is 15.2. The molecule has 0 amide bonds. The van der Waals surface area contributed by atoms with Crippen molar-refractivity contribution < 1.29 is 4.74 Å². The SMILES string of the molecule is c1ccc(N(c2ccc(-c3cccc4c3-c3ccccc3C43c4ccccc4Oc4c3ccc3ccccc43)cc2)c2cc3ccccc3c3ccccc23)cc1. The zero-order chi connectivity index (χ0) is 37.5. The third-order valence-electron chi connectivity index (χ3n) is 12.3.